The highest BCUT2D eigenvalue weighted by molar-refractivity contribution is 7.09. The van der Waals surface area contributed by atoms with Gasteiger partial charge in [0.05, 0.1) is 6.33 Å². The Morgan fingerprint density at radius 3 is 3.04 bits per heavy atom. The summed E-state index contributed by atoms with van der Waals surface area (Å²) in [7, 11) is 0. The third-order valence-corrected chi connectivity index (χ3v) is 6.49. The number of aromatic nitrogens is 2. The first-order valence-electron chi connectivity index (χ1n) is 9.26. The number of hydrogen-bond donors (Lipinski definition) is 0. The smallest absolute Gasteiger partial charge is 0.242 e. The summed E-state index contributed by atoms with van der Waals surface area (Å²) in [5.41, 5.74) is 0. The molecule has 0 spiro atoms. The fourth-order valence-electron chi connectivity index (χ4n) is 4.19. The molecule has 4 heterocycles. The summed E-state index contributed by atoms with van der Waals surface area (Å²) in [4.78, 5) is 34.4. The number of likely N-dealkylation sites (tertiary alicyclic amines) is 2. The number of nitrogens with zero attached hydrogens (tertiary/aromatic N) is 4. The molecule has 7 heteroatoms. The molecular formula is C19H24N4O2S. The Balaban J connectivity index is 1.37. The van der Waals surface area contributed by atoms with E-state index >= 15 is 0 Å². The minimum atomic E-state index is 0.142. The first-order chi connectivity index (χ1) is 12.7. The first-order valence-corrected chi connectivity index (χ1v) is 10.1. The van der Waals surface area contributed by atoms with Crippen LogP contribution in [-0.4, -0.2) is 56.8 Å². The molecule has 26 heavy (non-hydrogen) atoms. The second kappa shape index (κ2) is 7.61. The van der Waals surface area contributed by atoms with Crippen molar-refractivity contribution in [3.05, 3.63) is 41.1 Å². The van der Waals surface area contributed by atoms with Crippen LogP contribution in [0.3, 0.4) is 0 Å². The topological polar surface area (TPSA) is 58.4 Å². The molecule has 0 radical (unpaired) electrons. The van der Waals surface area contributed by atoms with E-state index in [0.29, 0.717) is 18.9 Å². The Morgan fingerprint density at radius 2 is 2.27 bits per heavy atom. The quantitative estimate of drug-likeness (QED) is 0.807. The van der Waals surface area contributed by atoms with Gasteiger partial charge >= 0.3 is 0 Å². The lowest BCUT2D eigenvalue weighted by Gasteiger charge is -2.47. The minimum absolute atomic E-state index is 0.142. The van der Waals surface area contributed by atoms with Crippen molar-refractivity contribution in [1.82, 2.24) is 19.4 Å². The molecule has 2 aliphatic rings. The molecule has 2 aromatic rings. The van der Waals surface area contributed by atoms with Crippen molar-refractivity contribution in [3.63, 3.8) is 0 Å². The van der Waals surface area contributed by atoms with Gasteiger partial charge in [-0.3, -0.25) is 9.59 Å². The Hall–Kier alpha value is -2.15. The van der Waals surface area contributed by atoms with Crippen LogP contribution in [0.25, 0.3) is 0 Å². The van der Waals surface area contributed by atoms with Crippen molar-refractivity contribution in [3.8, 4) is 0 Å². The Morgan fingerprint density at radius 1 is 1.35 bits per heavy atom. The van der Waals surface area contributed by atoms with Gasteiger partial charge in [0.25, 0.3) is 0 Å². The Kier molecular flexibility index (Phi) is 5.06. The number of carbonyl (C=O) groups is 2. The Bertz CT molecular complexity index is 744. The fraction of sp³-hybridized carbons (Fsp3) is 0.526. The summed E-state index contributed by atoms with van der Waals surface area (Å²) < 4.78 is 1.81. The highest BCUT2D eigenvalue weighted by Gasteiger charge is 2.40. The molecule has 0 N–H and O–H groups in total. The SMILES string of the molecule is O=C(Cn1ccnc1)N1CC[C@@H]2[C@@H](CCC(=O)N2CCc2cccs2)C1. The van der Waals surface area contributed by atoms with E-state index in [2.05, 4.69) is 27.4 Å². The maximum absolute atomic E-state index is 12.6. The lowest BCUT2D eigenvalue weighted by atomic mass is 9.83. The molecule has 2 saturated heterocycles. The summed E-state index contributed by atoms with van der Waals surface area (Å²) in [5, 5.41) is 2.08. The zero-order chi connectivity index (χ0) is 17.9. The van der Waals surface area contributed by atoms with Gasteiger partial charge in [0, 0.05) is 49.4 Å². The van der Waals surface area contributed by atoms with E-state index in [0.717, 1.165) is 38.9 Å². The largest absolute Gasteiger partial charge is 0.341 e. The van der Waals surface area contributed by atoms with Gasteiger partial charge in [-0.15, -0.1) is 11.3 Å². The molecule has 2 amide bonds. The predicted molar refractivity (Wildman–Crippen MR) is 99.7 cm³/mol. The number of rotatable bonds is 5. The van der Waals surface area contributed by atoms with E-state index in [9.17, 15) is 9.59 Å². The number of fused-ring (bicyclic) bond motifs is 1. The standard InChI is InChI=1S/C19H24N4O2S/c24-18-4-3-15-12-22(19(25)13-21-10-7-20-14-21)8-6-17(15)23(18)9-5-16-2-1-11-26-16/h1-2,7,10-11,14-15,17H,3-6,8-9,12-13H2/t15-,17+/m0/s1. The molecule has 6 nitrogen and oxygen atoms in total. The van der Waals surface area contributed by atoms with Crippen LogP contribution in [0.2, 0.25) is 0 Å². The van der Waals surface area contributed by atoms with E-state index in [1.54, 1.807) is 23.9 Å². The third-order valence-electron chi connectivity index (χ3n) is 5.55. The lowest BCUT2D eigenvalue weighted by molar-refractivity contribution is -0.144. The third kappa shape index (κ3) is 3.67. The lowest BCUT2D eigenvalue weighted by Crippen LogP contribution is -2.57. The summed E-state index contributed by atoms with van der Waals surface area (Å²) >= 11 is 1.75. The molecule has 4 rings (SSSR count). The van der Waals surface area contributed by atoms with E-state index in [4.69, 9.17) is 0 Å². The summed E-state index contributed by atoms with van der Waals surface area (Å²) in [6, 6.07) is 4.48. The van der Waals surface area contributed by atoms with Crippen molar-refractivity contribution < 1.29 is 9.59 Å². The summed E-state index contributed by atoms with van der Waals surface area (Å²) in [6.07, 6.45) is 8.50. The zero-order valence-electron chi connectivity index (χ0n) is 14.8. The molecular weight excluding hydrogens is 348 g/mol. The van der Waals surface area contributed by atoms with Crippen LogP contribution in [0.5, 0.6) is 0 Å². The number of carbonyl (C=O) groups excluding carboxylic acids is 2. The fourth-order valence-corrected chi connectivity index (χ4v) is 4.89. The van der Waals surface area contributed by atoms with Gasteiger partial charge < -0.3 is 14.4 Å². The van der Waals surface area contributed by atoms with Gasteiger partial charge in [-0.1, -0.05) is 6.07 Å². The number of hydrogen-bond acceptors (Lipinski definition) is 4. The molecule has 2 atom stereocenters. The van der Waals surface area contributed by atoms with Crippen LogP contribution in [0.1, 0.15) is 24.1 Å². The monoisotopic (exact) mass is 372 g/mol. The van der Waals surface area contributed by atoms with Crippen LogP contribution < -0.4 is 0 Å². The summed E-state index contributed by atoms with van der Waals surface area (Å²) in [6.45, 7) is 2.64. The number of thiophene rings is 1. The van der Waals surface area contributed by atoms with Crippen LogP contribution in [0.15, 0.2) is 36.2 Å². The van der Waals surface area contributed by atoms with Crippen molar-refractivity contribution in [2.45, 2.75) is 38.3 Å². The average Bonchev–Trinajstić information content (AvgIpc) is 3.34. The number of imidazole rings is 1. The van der Waals surface area contributed by atoms with Crippen molar-refractivity contribution in [1.29, 1.82) is 0 Å². The minimum Gasteiger partial charge on any atom is -0.341 e. The molecule has 0 unspecified atom stereocenters. The average molecular weight is 372 g/mol. The van der Waals surface area contributed by atoms with Gasteiger partial charge in [-0.25, -0.2) is 4.98 Å². The van der Waals surface area contributed by atoms with E-state index in [1.807, 2.05) is 15.7 Å². The predicted octanol–water partition coefficient (Wildman–Crippen LogP) is 2.03. The zero-order valence-corrected chi connectivity index (χ0v) is 15.6. The molecule has 2 fully saturated rings. The highest BCUT2D eigenvalue weighted by Crippen LogP contribution is 2.31. The van der Waals surface area contributed by atoms with Gasteiger partial charge in [-0.2, -0.15) is 0 Å². The van der Waals surface area contributed by atoms with Gasteiger partial charge in [-0.05, 0) is 36.6 Å². The van der Waals surface area contributed by atoms with Crippen LogP contribution in [-0.2, 0) is 22.6 Å². The second-order valence-corrected chi connectivity index (χ2v) is 8.18. The van der Waals surface area contributed by atoms with Gasteiger partial charge in [0.2, 0.25) is 11.8 Å². The molecule has 138 valence electrons. The van der Waals surface area contributed by atoms with E-state index < -0.39 is 0 Å². The van der Waals surface area contributed by atoms with Crippen LogP contribution in [0.4, 0.5) is 0 Å². The van der Waals surface area contributed by atoms with Crippen molar-refractivity contribution in [2.24, 2.45) is 5.92 Å². The normalized spacial score (nSPS) is 23.2. The maximum atomic E-state index is 12.6. The van der Waals surface area contributed by atoms with Crippen molar-refractivity contribution in [2.75, 3.05) is 19.6 Å². The van der Waals surface area contributed by atoms with E-state index in [-0.39, 0.29) is 17.9 Å². The first kappa shape index (κ1) is 17.3. The van der Waals surface area contributed by atoms with Gasteiger partial charge in [0.1, 0.15) is 6.54 Å². The molecule has 0 aliphatic carbocycles. The van der Waals surface area contributed by atoms with E-state index in [1.165, 1.54) is 4.88 Å². The highest BCUT2D eigenvalue weighted by atomic mass is 32.1. The summed E-state index contributed by atoms with van der Waals surface area (Å²) in [5.74, 6) is 0.820. The van der Waals surface area contributed by atoms with Crippen LogP contribution in [0, 0.1) is 5.92 Å². The number of amides is 2. The van der Waals surface area contributed by atoms with Gasteiger partial charge in [0.15, 0.2) is 0 Å². The van der Waals surface area contributed by atoms with Crippen LogP contribution >= 0.6 is 11.3 Å². The Labute approximate surface area is 157 Å². The molecule has 0 aromatic carbocycles. The molecule has 0 saturated carbocycles. The molecule has 0 bridgehead atoms. The molecule has 2 aliphatic heterocycles. The maximum Gasteiger partial charge on any atom is 0.242 e. The second-order valence-electron chi connectivity index (χ2n) is 7.15. The molecule has 2 aromatic heterocycles. The number of piperidine rings is 2. The van der Waals surface area contributed by atoms with Crippen molar-refractivity contribution >= 4 is 23.2 Å².